The summed E-state index contributed by atoms with van der Waals surface area (Å²) >= 11 is 5.99. The minimum Gasteiger partial charge on any atom is -0.455 e. The Morgan fingerprint density at radius 3 is 2.61 bits per heavy atom. The summed E-state index contributed by atoms with van der Waals surface area (Å²) in [6.45, 7) is 1.98. The molecule has 0 saturated carbocycles. The number of furan rings is 1. The first-order valence-corrected chi connectivity index (χ1v) is 7.44. The van der Waals surface area contributed by atoms with Crippen LogP contribution in [0.15, 0.2) is 64.0 Å². The zero-order valence-corrected chi connectivity index (χ0v) is 13.2. The van der Waals surface area contributed by atoms with Gasteiger partial charge in [0.15, 0.2) is 0 Å². The number of benzene rings is 2. The number of nitrogens with zero attached hydrogens (tertiary/aromatic N) is 2. The van der Waals surface area contributed by atoms with Gasteiger partial charge >= 0.3 is 0 Å². The molecule has 112 valence electrons. The van der Waals surface area contributed by atoms with E-state index < -0.39 is 0 Å². The van der Waals surface area contributed by atoms with Crippen molar-refractivity contribution in [2.24, 2.45) is 4.99 Å². The Morgan fingerprint density at radius 2 is 1.87 bits per heavy atom. The molecule has 0 bridgehead atoms. The molecule has 0 aliphatic rings. The Kier molecular flexibility index (Phi) is 4.27. The molecule has 0 amide bonds. The van der Waals surface area contributed by atoms with Crippen LogP contribution in [0.1, 0.15) is 16.9 Å². The lowest BCUT2D eigenvalue weighted by molar-refractivity contribution is 0.575. The summed E-state index contributed by atoms with van der Waals surface area (Å²) in [6, 6.07) is 18.7. The van der Waals surface area contributed by atoms with E-state index in [2.05, 4.69) is 11.1 Å². The Hall–Kier alpha value is -2.83. The summed E-state index contributed by atoms with van der Waals surface area (Å²) in [4.78, 5) is 4.42. The van der Waals surface area contributed by atoms with Crippen molar-refractivity contribution in [3.8, 4) is 17.4 Å². The number of nitriles is 1. The molecule has 1 heterocycles. The number of halogens is 1. The standard InChI is InChI=1S/C19H13ClN2O/c1-13-2-7-16(20)10-18(13)22-12-17-8-9-19(23-17)15-5-3-14(11-21)4-6-15/h2-10,12H,1H3. The molecule has 3 rings (SSSR count). The molecule has 0 spiro atoms. The minimum absolute atomic E-state index is 0.624. The molecule has 23 heavy (non-hydrogen) atoms. The van der Waals surface area contributed by atoms with Crippen LogP contribution < -0.4 is 0 Å². The number of hydrogen-bond acceptors (Lipinski definition) is 3. The molecule has 2 aromatic carbocycles. The van der Waals surface area contributed by atoms with Gasteiger partial charge in [0.05, 0.1) is 23.5 Å². The summed E-state index contributed by atoms with van der Waals surface area (Å²) in [7, 11) is 0. The molecular weight excluding hydrogens is 308 g/mol. The van der Waals surface area contributed by atoms with Crippen LogP contribution in [0.3, 0.4) is 0 Å². The second-order valence-corrected chi connectivity index (χ2v) is 5.52. The summed E-state index contributed by atoms with van der Waals surface area (Å²) in [5.41, 5.74) is 3.40. The first-order chi connectivity index (χ1) is 11.2. The monoisotopic (exact) mass is 320 g/mol. The van der Waals surface area contributed by atoms with Crippen molar-refractivity contribution < 1.29 is 4.42 Å². The highest BCUT2D eigenvalue weighted by Gasteiger charge is 2.04. The number of rotatable bonds is 3. The van der Waals surface area contributed by atoms with Gasteiger partial charge in [0, 0.05) is 10.6 Å². The zero-order valence-electron chi connectivity index (χ0n) is 12.5. The van der Waals surface area contributed by atoms with Crippen LogP contribution in [0.25, 0.3) is 11.3 Å². The Bertz CT molecular complexity index is 902. The lowest BCUT2D eigenvalue weighted by Crippen LogP contribution is -1.78. The van der Waals surface area contributed by atoms with Crippen LogP contribution in [0.2, 0.25) is 5.02 Å². The van der Waals surface area contributed by atoms with Gasteiger partial charge in [0.25, 0.3) is 0 Å². The average molecular weight is 321 g/mol. The molecule has 3 aromatic rings. The molecule has 0 saturated heterocycles. The molecular formula is C19H13ClN2O. The first-order valence-electron chi connectivity index (χ1n) is 7.06. The minimum atomic E-state index is 0.624. The van der Waals surface area contributed by atoms with Crippen LogP contribution in [0.4, 0.5) is 5.69 Å². The van der Waals surface area contributed by atoms with Crippen molar-refractivity contribution in [3.63, 3.8) is 0 Å². The molecule has 0 radical (unpaired) electrons. The summed E-state index contributed by atoms with van der Waals surface area (Å²) in [5, 5.41) is 9.48. The molecule has 0 N–H and O–H groups in total. The number of aryl methyl sites for hydroxylation is 1. The molecule has 0 unspecified atom stereocenters. The van der Waals surface area contributed by atoms with Crippen LogP contribution in [-0.4, -0.2) is 6.21 Å². The Labute approximate surface area is 139 Å². The number of aliphatic imine (C=N–C) groups is 1. The number of hydrogen-bond donors (Lipinski definition) is 0. The molecule has 1 aromatic heterocycles. The van der Waals surface area contributed by atoms with E-state index in [-0.39, 0.29) is 0 Å². The maximum atomic E-state index is 8.82. The van der Waals surface area contributed by atoms with Crippen molar-refractivity contribution in [3.05, 3.63) is 76.5 Å². The third-order valence-electron chi connectivity index (χ3n) is 3.43. The fourth-order valence-corrected chi connectivity index (χ4v) is 2.31. The fraction of sp³-hybridized carbons (Fsp3) is 0.0526. The van der Waals surface area contributed by atoms with E-state index >= 15 is 0 Å². The predicted molar refractivity (Wildman–Crippen MR) is 92.3 cm³/mol. The van der Waals surface area contributed by atoms with E-state index in [1.54, 1.807) is 18.3 Å². The summed E-state index contributed by atoms with van der Waals surface area (Å²) in [5.74, 6) is 1.39. The lowest BCUT2D eigenvalue weighted by atomic mass is 10.1. The first kappa shape index (κ1) is 15.1. The van der Waals surface area contributed by atoms with Crippen LogP contribution in [-0.2, 0) is 0 Å². The van der Waals surface area contributed by atoms with E-state index in [0.717, 1.165) is 22.6 Å². The summed E-state index contributed by atoms with van der Waals surface area (Å²) in [6.07, 6.45) is 1.67. The second-order valence-electron chi connectivity index (χ2n) is 5.08. The van der Waals surface area contributed by atoms with Gasteiger partial charge < -0.3 is 4.42 Å². The maximum absolute atomic E-state index is 8.82. The van der Waals surface area contributed by atoms with Crippen LogP contribution >= 0.6 is 11.6 Å². The van der Waals surface area contributed by atoms with Gasteiger partial charge in [-0.1, -0.05) is 17.7 Å². The fourth-order valence-electron chi connectivity index (χ4n) is 2.14. The molecule has 0 fully saturated rings. The van der Waals surface area contributed by atoms with Gasteiger partial charge in [-0.05, 0) is 61.0 Å². The van der Waals surface area contributed by atoms with Gasteiger partial charge in [-0.2, -0.15) is 5.26 Å². The molecule has 0 aliphatic carbocycles. The van der Waals surface area contributed by atoms with Gasteiger partial charge in [0.2, 0.25) is 0 Å². The topological polar surface area (TPSA) is 49.3 Å². The highest BCUT2D eigenvalue weighted by atomic mass is 35.5. The SMILES string of the molecule is Cc1ccc(Cl)cc1N=Cc1ccc(-c2ccc(C#N)cc2)o1. The largest absolute Gasteiger partial charge is 0.455 e. The van der Waals surface area contributed by atoms with Crippen molar-refractivity contribution in [2.75, 3.05) is 0 Å². The summed E-state index contributed by atoms with van der Waals surface area (Å²) < 4.78 is 5.77. The van der Waals surface area contributed by atoms with Gasteiger partial charge in [-0.25, -0.2) is 0 Å². The average Bonchev–Trinajstić information content (AvgIpc) is 3.05. The smallest absolute Gasteiger partial charge is 0.145 e. The van der Waals surface area contributed by atoms with E-state index in [1.165, 1.54) is 0 Å². The zero-order chi connectivity index (χ0) is 16.2. The molecule has 4 heteroatoms. The van der Waals surface area contributed by atoms with Crippen molar-refractivity contribution in [1.29, 1.82) is 5.26 Å². The van der Waals surface area contributed by atoms with Crippen LogP contribution in [0, 0.1) is 18.3 Å². The van der Waals surface area contributed by atoms with E-state index in [0.29, 0.717) is 16.3 Å². The normalized spacial score (nSPS) is 10.8. The van der Waals surface area contributed by atoms with Gasteiger partial charge in [0.1, 0.15) is 11.5 Å². The molecule has 0 aliphatic heterocycles. The van der Waals surface area contributed by atoms with Gasteiger partial charge in [-0.15, -0.1) is 0 Å². The Morgan fingerprint density at radius 1 is 1.09 bits per heavy atom. The van der Waals surface area contributed by atoms with Gasteiger partial charge in [-0.3, -0.25) is 4.99 Å². The highest BCUT2D eigenvalue weighted by molar-refractivity contribution is 6.30. The third-order valence-corrected chi connectivity index (χ3v) is 3.66. The van der Waals surface area contributed by atoms with Crippen molar-refractivity contribution >= 4 is 23.5 Å². The van der Waals surface area contributed by atoms with Crippen molar-refractivity contribution in [1.82, 2.24) is 0 Å². The third kappa shape index (κ3) is 3.50. The lowest BCUT2D eigenvalue weighted by Gasteiger charge is -1.99. The van der Waals surface area contributed by atoms with E-state index in [4.69, 9.17) is 21.3 Å². The second kappa shape index (κ2) is 6.51. The highest BCUT2D eigenvalue weighted by Crippen LogP contribution is 2.24. The van der Waals surface area contributed by atoms with Crippen molar-refractivity contribution in [2.45, 2.75) is 6.92 Å². The molecule has 3 nitrogen and oxygen atoms in total. The van der Waals surface area contributed by atoms with E-state index in [9.17, 15) is 0 Å². The predicted octanol–water partition coefficient (Wildman–Crippen LogP) is 5.53. The quantitative estimate of drug-likeness (QED) is 0.596. The van der Waals surface area contributed by atoms with E-state index in [1.807, 2.05) is 49.4 Å². The van der Waals surface area contributed by atoms with Crippen LogP contribution in [0.5, 0.6) is 0 Å². The molecule has 0 atom stereocenters. The maximum Gasteiger partial charge on any atom is 0.145 e. The Balaban J connectivity index is 1.83.